The number of amides is 2. The average Bonchev–Trinajstić information content (AvgIpc) is 3.33. The second-order valence-electron chi connectivity index (χ2n) is 11.2. The lowest BCUT2D eigenvalue weighted by Gasteiger charge is -2.36. The molecule has 1 aromatic carbocycles. The fourth-order valence-electron chi connectivity index (χ4n) is 6.71. The molecular formula is C27H35N7O4. The van der Waals surface area contributed by atoms with Gasteiger partial charge in [-0.25, -0.2) is 0 Å². The highest BCUT2D eigenvalue weighted by Crippen LogP contribution is 2.34. The maximum absolute atomic E-state index is 13.8. The van der Waals surface area contributed by atoms with E-state index in [1.54, 1.807) is 0 Å². The van der Waals surface area contributed by atoms with Gasteiger partial charge >= 0.3 is 0 Å². The molecule has 0 aromatic heterocycles. The molecule has 4 atom stereocenters. The zero-order valence-electron chi connectivity index (χ0n) is 21.6. The van der Waals surface area contributed by atoms with E-state index in [0.29, 0.717) is 5.56 Å². The molecular weight excluding hydrogens is 486 g/mol. The third-order valence-electron chi connectivity index (χ3n) is 8.94. The first-order valence-corrected chi connectivity index (χ1v) is 13.9. The minimum atomic E-state index is -0.765. The molecule has 3 aliphatic heterocycles. The highest BCUT2D eigenvalue weighted by Gasteiger charge is 2.53. The molecule has 0 radical (unpaired) electrons. The van der Waals surface area contributed by atoms with Gasteiger partial charge in [0.1, 0.15) is 18.7 Å². The lowest BCUT2D eigenvalue weighted by atomic mass is 9.95. The van der Waals surface area contributed by atoms with Crippen molar-refractivity contribution in [3.63, 3.8) is 0 Å². The Morgan fingerprint density at radius 2 is 1.76 bits per heavy atom. The van der Waals surface area contributed by atoms with Crippen molar-refractivity contribution in [2.24, 2.45) is 11.0 Å². The van der Waals surface area contributed by atoms with Gasteiger partial charge < -0.3 is 19.9 Å². The summed E-state index contributed by atoms with van der Waals surface area (Å²) in [5, 5.41) is 6.79. The number of azide groups is 1. The summed E-state index contributed by atoms with van der Waals surface area (Å²) >= 11 is 0. The Morgan fingerprint density at radius 3 is 2.42 bits per heavy atom. The highest BCUT2D eigenvalue weighted by atomic mass is 16.5. The summed E-state index contributed by atoms with van der Waals surface area (Å²) < 4.78 is 5.57. The Balaban J connectivity index is 1.14. The monoisotopic (exact) mass is 521 g/mol. The van der Waals surface area contributed by atoms with E-state index < -0.39 is 24.2 Å². The van der Waals surface area contributed by atoms with Crippen LogP contribution >= 0.6 is 0 Å². The summed E-state index contributed by atoms with van der Waals surface area (Å²) in [5.41, 5.74) is 10.6. The number of benzene rings is 1. The number of hydrogen-bond acceptors (Lipinski definition) is 7. The van der Waals surface area contributed by atoms with E-state index in [2.05, 4.69) is 25.1 Å². The van der Waals surface area contributed by atoms with Crippen molar-refractivity contribution in [3.8, 4) is 0 Å². The van der Waals surface area contributed by atoms with Crippen LogP contribution in [0, 0.1) is 5.92 Å². The number of piperazine rings is 1. The summed E-state index contributed by atoms with van der Waals surface area (Å²) in [6.45, 7) is 4.13. The molecule has 1 aromatic rings. The number of carbonyl (C=O) groups is 3. The van der Waals surface area contributed by atoms with E-state index in [0.717, 1.165) is 63.6 Å². The average molecular weight is 522 g/mol. The van der Waals surface area contributed by atoms with Crippen LogP contribution in [0.5, 0.6) is 0 Å². The first-order valence-electron chi connectivity index (χ1n) is 13.9. The van der Waals surface area contributed by atoms with E-state index in [9.17, 15) is 14.4 Å². The van der Waals surface area contributed by atoms with Gasteiger partial charge in [0.15, 0.2) is 5.78 Å². The van der Waals surface area contributed by atoms with E-state index in [4.69, 9.17) is 10.3 Å². The van der Waals surface area contributed by atoms with Gasteiger partial charge in [-0.3, -0.25) is 19.3 Å². The molecule has 5 aliphatic rings. The van der Waals surface area contributed by atoms with E-state index in [1.165, 1.54) is 17.7 Å². The summed E-state index contributed by atoms with van der Waals surface area (Å²) in [7, 11) is 0. The lowest BCUT2D eigenvalue weighted by Crippen LogP contribution is -2.54. The fraction of sp³-hybridized carbons (Fsp3) is 0.667. The summed E-state index contributed by atoms with van der Waals surface area (Å²) in [4.78, 5) is 49.0. The number of hydrogen-bond donors (Lipinski definition) is 1. The summed E-state index contributed by atoms with van der Waals surface area (Å²) in [6, 6.07) is 6.29. The summed E-state index contributed by atoms with van der Waals surface area (Å²) in [6.07, 6.45) is 5.71. The molecule has 2 amide bonds. The topological polar surface area (TPSA) is 131 Å². The third kappa shape index (κ3) is 4.86. The molecule has 1 N–H and O–H groups in total. The van der Waals surface area contributed by atoms with Crippen molar-refractivity contribution in [1.29, 1.82) is 0 Å². The third-order valence-corrected chi connectivity index (χ3v) is 8.94. The normalized spacial score (nSPS) is 28.7. The maximum Gasteiger partial charge on any atom is 0.251 e. The number of rotatable bonds is 7. The molecule has 38 heavy (non-hydrogen) atoms. The largest absolute Gasteiger partial charge is 0.369 e. The maximum atomic E-state index is 13.8. The summed E-state index contributed by atoms with van der Waals surface area (Å²) in [5.74, 6) is -0.775. The fourth-order valence-corrected chi connectivity index (χ4v) is 6.71. The minimum Gasteiger partial charge on any atom is -0.369 e. The van der Waals surface area contributed by atoms with Crippen LogP contribution in [-0.4, -0.2) is 97.0 Å². The number of fused-ring (bicyclic) bond motifs is 1. The standard InChI is InChI=1S/C27H35N7O4/c28-31-30-21-15-34(24-22(35)16-38-25(21)24)27(37)23(17-3-1-2-4-17)29-26(36)18-5-7-19(8-6-18)32-11-13-33(14-12-32)20-9-10-20/h5-8,17,20-21,23-25H,1-4,9-16H2,(H,29,36)/t21-,23+,24-,25-/m1/s1. The number of anilines is 1. The molecule has 0 unspecified atom stereocenters. The Kier molecular flexibility index (Phi) is 6.99. The smallest absolute Gasteiger partial charge is 0.251 e. The van der Waals surface area contributed by atoms with Crippen LogP contribution in [0.15, 0.2) is 29.4 Å². The van der Waals surface area contributed by atoms with Gasteiger partial charge in [0.05, 0.1) is 12.1 Å². The van der Waals surface area contributed by atoms with E-state index >= 15 is 0 Å². The molecule has 0 bridgehead atoms. The van der Waals surface area contributed by atoms with Crippen LogP contribution in [-0.2, 0) is 14.3 Å². The van der Waals surface area contributed by atoms with Crippen molar-refractivity contribution >= 4 is 23.3 Å². The number of nitrogens with zero attached hydrogens (tertiary/aromatic N) is 6. The van der Waals surface area contributed by atoms with Crippen LogP contribution in [0.1, 0.15) is 48.9 Å². The lowest BCUT2D eigenvalue weighted by molar-refractivity contribution is -0.139. The van der Waals surface area contributed by atoms with Crippen molar-refractivity contribution in [2.75, 3.05) is 44.2 Å². The van der Waals surface area contributed by atoms with Gasteiger partial charge in [0.2, 0.25) is 5.91 Å². The zero-order valence-corrected chi connectivity index (χ0v) is 21.6. The van der Waals surface area contributed by atoms with Crippen molar-refractivity contribution < 1.29 is 19.1 Å². The van der Waals surface area contributed by atoms with Crippen LogP contribution in [0.2, 0.25) is 0 Å². The molecule has 2 aliphatic carbocycles. The molecule has 3 saturated heterocycles. The van der Waals surface area contributed by atoms with Crippen molar-refractivity contribution in [2.45, 2.75) is 68.8 Å². The SMILES string of the molecule is [N-]=[N+]=N[C@@H]1CN(C(=O)[C@@H](NC(=O)c2ccc(N3CCN(C4CC4)CC3)cc2)C2CCCC2)[C@@H]2C(=O)CO[C@@H]21. The highest BCUT2D eigenvalue weighted by molar-refractivity contribution is 5.99. The zero-order chi connectivity index (χ0) is 26.2. The first-order chi connectivity index (χ1) is 18.5. The van der Waals surface area contributed by atoms with Crippen LogP contribution in [0.3, 0.4) is 0 Å². The molecule has 11 heteroatoms. The predicted molar refractivity (Wildman–Crippen MR) is 140 cm³/mol. The Hall–Kier alpha value is -3.14. The van der Waals surface area contributed by atoms with Gasteiger partial charge in [-0.1, -0.05) is 18.0 Å². The van der Waals surface area contributed by atoms with Crippen LogP contribution in [0.4, 0.5) is 5.69 Å². The molecule has 6 rings (SSSR count). The number of nitrogens with one attached hydrogen (secondary N) is 1. The number of ether oxygens (including phenoxy) is 1. The number of carbonyl (C=O) groups excluding carboxylic acids is 3. The number of likely N-dealkylation sites (tertiary alicyclic amines) is 1. The first kappa shape index (κ1) is 25.2. The molecule has 0 spiro atoms. The molecule has 11 nitrogen and oxygen atoms in total. The minimum absolute atomic E-state index is 0.00266. The molecule has 2 saturated carbocycles. The predicted octanol–water partition coefficient (Wildman–Crippen LogP) is 2.12. The van der Waals surface area contributed by atoms with Crippen molar-refractivity contribution in [1.82, 2.24) is 15.1 Å². The molecule has 202 valence electrons. The van der Waals surface area contributed by atoms with E-state index in [1.807, 2.05) is 24.3 Å². The van der Waals surface area contributed by atoms with Gasteiger partial charge in [-0.15, -0.1) is 0 Å². The van der Waals surface area contributed by atoms with Crippen molar-refractivity contribution in [3.05, 3.63) is 40.3 Å². The number of ketones is 1. The van der Waals surface area contributed by atoms with E-state index in [-0.39, 0.29) is 36.7 Å². The quantitative estimate of drug-likeness (QED) is 0.332. The molecule has 3 heterocycles. The second-order valence-corrected chi connectivity index (χ2v) is 11.2. The molecule has 5 fully saturated rings. The van der Waals surface area contributed by atoms with Gasteiger partial charge in [-0.05, 0) is 61.4 Å². The van der Waals surface area contributed by atoms with Gasteiger partial charge in [0, 0.05) is 54.9 Å². The van der Waals surface area contributed by atoms with Crippen LogP contribution in [0.25, 0.3) is 10.4 Å². The van der Waals surface area contributed by atoms with Crippen LogP contribution < -0.4 is 10.2 Å². The number of Topliss-reactive ketones (excluding diaryl/α,β-unsaturated/α-hetero) is 1. The van der Waals surface area contributed by atoms with Gasteiger partial charge in [0.25, 0.3) is 5.91 Å². The van der Waals surface area contributed by atoms with Gasteiger partial charge in [-0.2, -0.15) is 0 Å². The second kappa shape index (κ2) is 10.6. The Bertz CT molecular complexity index is 1120. The Labute approximate surface area is 222 Å². The Morgan fingerprint density at radius 1 is 1.05 bits per heavy atom.